The lowest BCUT2D eigenvalue weighted by atomic mass is 9.97. The molecular weight excluding hydrogens is 356 g/mol. The van der Waals surface area contributed by atoms with Crippen LogP contribution >= 0.6 is 0 Å². The molecule has 0 saturated carbocycles. The van der Waals surface area contributed by atoms with Gasteiger partial charge in [-0.25, -0.2) is 13.1 Å². The summed E-state index contributed by atoms with van der Waals surface area (Å²) < 4.78 is 37.1. The smallest absolute Gasteiger partial charge is 0.251 e. The van der Waals surface area contributed by atoms with Crippen LogP contribution in [-0.4, -0.2) is 40.0 Å². The predicted octanol–water partition coefficient (Wildman–Crippen LogP) is 1.95. The van der Waals surface area contributed by atoms with Crippen LogP contribution in [0.1, 0.15) is 42.5 Å². The fourth-order valence-corrected chi connectivity index (χ4v) is 3.94. The number of fused-ring (bicyclic) bond motifs is 1. The molecule has 1 amide bonds. The molecule has 2 N–H and O–H groups in total. The minimum Gasteiger partial charge on any atom is -0.454 e. The van der Waals surface area contributed by atoms with Crippen molar-refractivity contribution >= 4 is 15.9 Å². The first kappa shape index (κ1) is 18.7. The normalized spacial score (nSPS) is 16.2. The van der Waals surface area contributed by atoms with Gasteiger partial charge in [0, 0.05) is 18.7 Å². The average molecular weight is 380 g/mol. The number of hydrogen-bond acceptors (Lipinski definition) is 5. The third kappa shape index (κ3) is 5.22. The van der Waals surface area contributed by atoms with E-state index in [0.29, 0.717) is 23.6 Å². The van der Waals surface area contributed by atoms with Gasteiger partial charge in [-0.15, -0.1) is 0 Å². The van der Waals surface area contributed by atoms with Crippen molar-refractivity contribution in [3.05, 3.63) is 35.4 Å². The lowest BCUT2D eigenvalue weighted by molar-refractivity contribution is 0.0955. The second-order valence-electron chi connectivity index (χ2n) is 6.40. The van der Waals surface area contributed by atoms with Crippen LogP contribution in [0, 0.1) is 0 Å². The Hall–Kier alpha value is -2.06. The molecule has 0 aromatic heterocycles. The summed E-state index contributed by atoms with van der Waals surface area (Å²) >= 11 is 0. The molecule has 142 valence electrons. The highest BCUT2D eigenvalue weighted by Crippen LogP contribution is 2.32. The van der Waals surface area contributed by atoms with Crippen LogP contribution in [0.25, 0.3) is 0 Å². The molecule has 1 aromatic carbocycles. The minimum absolute atomic E-state index is 0.0469. The van der Waals surface area contributed by atoms with E-state index in [4.69, 9.17) is 9.47 Å². The van der Waals surface area contributed by atoms with Crippen LogP contribution in [0.4, 0.5) is 0 Å². The molecule has 1 aliphatic heterocycles. The molecular formula is C18H24N2O5S. The summed E-state index contributed by atoms with van der Waals surface area (Å²) in [4.78, 5) is 12.1. The molecule has 1 aliphatic carbocycles. The van der Waals surface area contributed by atoms with E-state index >= 15 is 0 Å². The molecule has 0 radical (unpaired) electrons. The Morgan fingerprint density at radius 2 is 1.96 bits per heavy atom. The van der Waals surface area contributed by atoms with Crippen LogP contribution in [-0.2, 0) is 10.0 Å². The number of sulfonamides is 1. The van der Waals surface area contributed by atoms with E-state index in [1.807, 2.05) is 0 Å². The van der Waals surface area contributed by atoms with Crippen LogP contribution in [0.15, 0.2) is 29.8 Å². The minimum atomic E-state index is -3.41. The maximum absolute atomic E-state index is 12.1. The zero-order chi connectivity index (χ0) is 18.4. The van der Waals surface area contributed by atoms with Crippen molar-refractivity contribution < 1.29 is 22.7 Å². The number of carbonyl (C=O) groups excluding carboxylic acids is 1. The highest BCUT2D eigenvalue weighted by molar-refractivity contribution is 7.89. The maximum atomic E-state index is 12.1. The number of allylic oxidation sites excluding steroid dienone is 1. The first-order valence-electron chi connectivity index (χ1n) is 8.87. The van der Waals surface area contributed by atoms with Crippen LogP contribution < -0.4 is 19.5 Å². The zero-order valence-electron chi connectivity index (χ0n) is 14.6. The van der Waals surface area contributed by atoms with Crippen molar-refractivity contribution in [3.8, 4) is 11.5 Å². The van der Waals surface area contributed by atoms with Crippen LogP contribution in [0.2, 0.25) is 0 Å². The summed E-state index contributed by atoms with van der Waals surface area (Å²) in [5.74, 6) is 0.624. The summed E-state index contributed by atoms with van der Waals surface area (Å²) in [5, 5.41) is 2.62. The van der Waals surface area contributed by atoms with Crippen molar-refractivity contribution in [2.75, 3.05) is 25.6 Å². The lowest BCUT2D eigenvalue weighted by Crippen LogP contribution is -2.35. The molecule has 0 bridgehead atoms. The molecule has 1 heterocycles. The van der Waals surface area contributed by atoms with E-state index in [1.54, 1.807) is 18.2 Å². The summed E-state index contributed by atoms with van der Waals surface area (Å²) in [5.41, 5.74) is 1.74. The number of amides is 1. The molecule has 0 saturated heterocycles. The number of carbonyl (C=O) groups is 1. The molecule has 7 nitrogen and oxygen atoms in total. The van der Waals surface area contributed by atoms with Gasteiger partial charge in [-0.2, -0.15) is 0 Å². The third-order valence-corrected chi connectivity index (χ3v) is 5.83. The first-order chi connectivity index (χ1) is 12.5. The van der Waals surface area contributed by atoms with Gasteiger partial charge >= 0.3 is 0 Å². The summed E-state index contributed by atoms with van der Waals surface area (Å²) in [6.07, 6.45) is 7.52. The lowest BCUT2D eigenvalue weighted by Gasteiger charge is -2.13. The summed E-state index contributed by atoms with van der Waals surface area (Å²) in [6, 6.07) is 4.87. The predicted molar refractivity (Wildman–Crippen MR) is 97.9 cm³/mol. The number of hydrogen-bond donors (Lipinski definition) is 2. The highest BCUT2D eigenvalue weighted by Gasteiger charge is 2.17. The SMILES string of the molecule is O=C(NCCS(=O)(=O)NCCC1=CCCCC1)c1ccc2c(c1)OCO2. The number of ether oxygens (including phenoxy) is 2. The molecule has 3 rings (SSSR count). The quantitative estimate of drug-likeness (QED) is 0.673. The van der Waals surface area contributed by atoms with E-state index in [1.165, 1.54) is 18.4 Å². The van der Waals surface area contributed by atoms with Gasteiger partial charge in [0.05, 0.1) is 5.75 Å². The van der Waals surface area contributed by atoms with Crippen molar-refractivity contribution in [1.82, 2.24) is 10.0 Å². The third-order valence-electron chi connectivity index (χ3n) is 4.44. The van der Waals surface area contributed by atoms with E-state index in [2.05, 4.69) is 16.1 Å². The monoisotopic (exact) mass is 380 g/mol. The maximum Gasteiger partial charge on any atom is 0.251 e. The molecule has 0 fully saturated rings. The average Bonchev–Trinajstić information content (AvgIpc) is 3.10. The van der Waals surface area contributed by atoms with Gasteiger partial charge in [-0.3, -0.25) is 4.79 Å². The number of benzene rings is 1. The Kier molecular flexibility index (Phi) is 6.16. The molecule has 0 atom stereocenters. The van der Waals surface area contributed by atoms with Gasteiger partial charge in [0.2, 0.25) is 16.8 Å². The van der Waals surface area contributed by atoms with Gasteiger partial charge in [-0.05, 0) is 50.3 Å². The van der Waals surface area contributed by atoms with E-state index in [-0.39, 0.29) is 25.0 Å². The Labute approximate surface area is 153 Å². The van der Waals surface area contributed by atoms with Gasteiger partial charge in [0.25, 0.3) is 5.91 Å². The van der Waals surface area contributed by atoms with Gasteiger partial charge in [0.1, 0.15) is 0 Å². The van der Waals surface area contributed by atoms with E-state index in [0.717, 1.165) is 19.3 Å². The molecule has 1 aromatic rings. The molecule has 2 aliphatic rings. The zero-order valence-corrected chi connectivity index (χ0v) is 15.4. The molecule has 8 heteroatoms. The van der Waals surface area contributed by atoms with Crippen molar-refractivity contribution in [3.63, 3.8) is 0 Å². The second-order valence-corrected chi connectivity index (χ2v) is 8.32. The Morgan fingerprint density at radius 3 is 2.77 bits per heavy atom. The molecule has 26 heavy (non-hydrogen) atoms. The van der Waals surface area contributed by atoms with Crippen molar-refractivity contribution in [2.24, 2.45) is 0 Å². The topological polar surface area (TPSA) is 93.7 Å². The summed E-state index contributed by atoms with van der Waals surface area (Å²) in [7, 11) is -3.41. The fraction of sp³-hybridized carbons (Fsp3) is 0.500. The first-order valence-corrected chi connectivity index (χ1v) is 10.5. The largest absolute Gasteiger partial charge is 0.454 e. The van der Waals surface area contributed by atoms with Gasteiger partial charge in [-0.1, -0.05) is 11.6 Å². The standard InChI is InChI=1S/C18H24N2O5S/c21-18(15-6-7-16-17(12-15)25-13-24-16)19-10-11-26(22,23)20-9-8-14-4-2-1-3-5-14/h4,6-7,12,20H,1-3,5,8-11,13H2,(H,19,21). The number of nitrogens with one attached hydrogen (secondary N) is 2. The van der Waals surface area contributed by atoms with Crippen LogP contribution in [0.5, 0.6) is 11.5 Å². The Bertz CT molecular complexity index is 789. The number of rotatable bonds is 8. The second kappa shape index (κ2) is 8.55. The van der Waals surface area contributed by atoms with Gasteiger partial charge < -0.3 is 14.8 Å². The molecule has 0 unspecified atom stereocenters. The van der Waals surface area contributed by atoms with E-state index < -0.39 is 10.0 Å². The molecule has 0 spiro atoms. The van der Waals surface area contributed by atoms with Crippen molar-refractivity contribution in [1.29, 1.82) is 0 Å². The Morgan fingerprint density at radius 1 is 1.12 bits per heavy atom. The van der Waals surface area contributed by atoms with Crippen LogP contribution in [0.3, 0.4) is 0 Å². The fourth-order valence-electron chi connectivity index (χ4n) is 3.01. The van der Waals surface area contributed by atoms with Gasteiger partial charge in [0.15, 0.2) is 11.5 Å². The van der Waals surface area contributed by atoms with E-state index in [9.17, 15) is 13.2 Å². The highest BCUT2D eigenvalue weighted by atomic mass is 32.2. The summed E-state index contributed by atoms with van der Waals surface area (Å²) in [6.45, 7) is 0.594. The Balaban J connectivity index is 1.40. The van der Waals surface area contributed by atoms with Crippen molar-refractivity contribution in [2.45, 2.75) is 32.1 Å².